The smallest absolute Gasteiger partial charge is 0.161 e. The number of hydrogen-bond acceptors (Lipinski definition) is 8. The summed E-state index contributed by atoms with van der Waals surface area (Å²) in [5.41, 5.74) is 6.53. The van der Waals surface area contributed by atoms with E-state index in [0.717, 1.165) is 64.4 Å². The number of pyridine rings is 1. The van der Waals surface area contributed by atoms with Crippen LogP contribution in [-0.4, -0.2) is 50.3 Å². The molecule has 0 saturated heterocycles. The molecule has 228 valence electrons. The Morgan fingerprint density at radius 1 is 0.955 bits per heavy atom. The summed E-state index contributed by atoms with van der Waals surface area (Å²) < 4.78 is 24.0. The lowest BCUT2D eigenvalue weighted by Crippen LogP contribution is -2.21. The molecular weight excluding hydrogens is 576 g/mol. The van der Waals surface area contributed by atoms with Crippen LogP contribution in [0.15, 0.2) is 67.0 Å². The van der Waals surface area contributed by atoms with Crippen molar-refractivity contribution in [3.8, 4) is 40.2 Å². The van der Waals surface area contributed by atoms with Gasteiger partial charge in [-0.1, -0.05) is 35.9 Å². The van der Waals surface area contributed by atoms with Crippen molar-refractivity contribution in [2.45, 2.75) is 33.1 Å². The summed E-state index contributed by atoms with van der Waals surface area (Å²) in [5.74, 6) is 2.72. The lowest BCUT2D eigenvalue weighted by atomic mass is 9.96. The van der Waals surface area contributed by atoms with E-state index < -0.39 is 0 Å². The van der Waals surface area contributed by atoms with Crippen LogP contribution in [-0.2, 0) is 19.8 Å². The number of nitrogens with zero attached hydrogens (tertiary/aromatic N) is 3. The zero-order valence-corrected chi connectivity index (χ0v) is 26.1. The van der Waals surface area contributed by atoms with Gasteiger partial charge in [0, 0.05) is 36.1 Å². The maximum absolute atomic E-state index is 9.25. The molecule has 0 radical (unpaired) electrons. The van der Waals surface area contributed by atoms with Crippen molar-refractivity contribution in [2.24, 2.45) is 0 Å². The second kappa shape index (κ2) is 14.9. The fraction of sp³-hybridized carbons (Fsp3) is 0.314. The van der Waals surface area contributed by atoms with Gasteiger partial charge in [-0.25, -0.2) is 0 Å². The van der Waals surface area contributed by atoms with Crippen molar-refractivity contribution in [3.05, 3.63) is 99.8 Å². The molecule has 0 aliphatic carbocycles. The topological polar surface area (TPSA) is 88.9 Å². The maximum atomic E-state index is 9.25. The normalized spacial score (nSPS) is 12.2. The molecule has 5 rings (SSSR count). The van der Waals surface area contributed by atoms with Crippen molar-refractivity contribution < 1.29 is 18.9 Å². The minimum Gasteiger partial charge on any atom is -0.488 e. The average Bonchev–Trinajstić information content (AvgIpc) is 3.04. The van der Waals surface area contributed by atoms with Gasteiger partial charge in [0.2, 0.25) is 0 Å². The predicted molar refractivity (Wildman–Crippen MR) is 172 cm³/mol. The highest BCUT2D eigenvalue weighted by atomic mass is 35.5. The van der Waals surface area contributed by atoms with E-state index in [2.05, 4.69) is 60.5 Å². The number of nitriles is 1. The van der Waals surface area contributed by atoms with Crippen molar-refractivity contribution in [3.63, 3.8) is 0 Å². The van der Waals surface area contributed by atoms with E-state index in [1.54, 1.807) is 12.3 Å². The van der Waals surface area contributed by atoms with E-state index >= 15 is 0 Å². The second-order valence-corrected chi connectivity index (χ2v) is 11.4. The number of hydrogen-bond donors (Lipinski definition) is 1. The molecule has 44 heavy (non-hydrogen) atoms. The minimum absolute atomic E-state index is 0.258. The molecule has 0 unspecified atom stereocenters. The van der Waals surface area contributed by atoms with Crippen LogP contribution in [0.2, 0.25) is 5.02 Å². The molecule has 0 fully saturated rings. The molecule has 0 bridgehead atoms. The molecule has 2 heterocycles. The van der Waals surface area contributed by atoms with Crippen LogP contribution in [0.5, 0.6) is 23.0 Å². The molecule has 1 aliphatic heterocycles. The summed E-state index contributed by atoms with van der Waals surface area (Å²) >= 11 is 6.75. The molecule has 0 atom stereocenters. The molecule has 1 N–H and O–H groups in total. The van der Waals surface area contributed by atoms with Gasteiger partial charge < -0.3 is 29.2 Å². The molecule has 4 aromatic rings. The number of nitrogens with one attached hydrogen (secondary N) is 1. The van der Waals surface area contributed by atoms with Gasteiger partial charge in [-0.15, -0.1) is 0 Å². The Morgan fingerprint density at radius 3 is 2.59 bits per heavy atom. The third-order valence-corrected chi connectivity index (χ3v) is 7.69. The Hall–Kier alpha value is -4.29. The lowest BCUT2D eigenvalue weighted by Gasteiger charge is -2.20. The number of aromatic nitrogens is 1. The Morgan fingerprint density at radius 2 is 1.77 bits per heavy atom. The summed E-state index contributed by atoms with van der Waals surface area (Å²) in [6, 6.07) is 19.9. The molecule has 0 amide bonds. The monoisotopic (exact) mass is 612 g/mol. The van der Waals surface area contributed by atoms with E-state index in [1.165, 1.54) is 6.20 Å². The first kappa shape index (κ1) is 31.1. The number of benzene rings is 3. The van der Waals surface area contributed by atoms with Gasteiger partial charge in [0.05, 0.1) is 10.6 Å². The number of rotatable bonds is 13. The molecular formula is C35H37ClN4O4. The molecule has 0 saturated carbocycles. The number of halogens is 1. The Bertz CT molecular complexity index is 1640. The maximum Gasteiger partial charge on any atom is 0.161 e. The lowest BCUT2D eigenvalue weighted by molar-refractivity contribution is 0.171. The number of ether oxygens (including phenoxy) is 4. The largest absolute Gasteiger partial charge is 0.488 e. The van der Waals surface area contributed by atoms with Crippen LogP contribution in [0.3, 0.4) is 0 Å². The Kier molecular flexibility index (Phi) is 10.6. The van der Waals surface area contributed by atoms with Crippen LogP contribution in [0.1, 0.15) is 34.2 Å². The van der Waals surface area contributed by atoms with E-state index in [0.29, 0.717) is 48.5 Å². The summed E-state index contributed by atoms with van der Waals surface area (Å²) in [4.78, 5) is 6.31. The summed E-state index contributed by atoms with van der Waals surface area (Å²) in [6.07, 6.45) is 4.26. The Balaban J connectivity index is 1.33. The standard InChI is InChI=1S/C35H37ClN4O4/c1-24-28(6-4-7-30(24)27-8-9-32-35(16-27)42-13-12-41-32)23-44-34-17-33(43-22-26-14-25(18-37)19-39-20-26)29(15-31(34)36)21-38-10-5-11-40(2)3/h4,6-9,14-17,19-20,38H,5,10-13,21-23H2,1-3H3. The molecule has 8 nitrogen and oxygen atoms in total. The van der Waals surface area contributed by atoms with Crippen LogP contribution < -0.4 is 24.3 Å². The quantitative estimate of drug-likeness (QED) is 0.170. The fourth-order valence-electron chi connectivity index (χ4n) is 5.01. The zero-order chi connectivity index (χ0) is 30.9. The highest BCUT2D eigenvalue weighted by molar-refractivity contribution is 6.32. The van der Waals surface area contributed by atoms with Crippen molar-refractivity contribution in [1.82, 2.24) is 15.2 Å². The van der Waals surface area contributed by atoms with Gasteiger partial charge in [0.15, 0.2) is 11.5 Å². The minimum atomic E-state index is 0.258. The molecule has 1 aromatic heterocycles. The summed E-state index contributed by atoms with van der Waals surface area (Å²) in [6.45, 7) is 6.25. The first-order valence-electron chi connectivity index (χ1n) is 14.7. The molecule has 9 heteroatoms. The number of fused-ring (bicyclic) bond motifs is 1. The fourth-order valence-corrected chi connectivity index (χ4v) is 5.25. The second-order valence-electron chi connectivity index (χ2n) is 10.9. The molecule has 1 aliphatic rings. The molecule has 0 spiro atoms. The summed E-state index contributed by atoms with van der Waals surface area (Å²) in [5, 5.41) is 13.2. The van der Waals surface area contributed by atoms with Crippen LogP contribution >= 0.6 is 11.6 Å². The van der Waals surface area contributed by atoms with Gasteiger partial charge in [-0.05, 0) is 87.0 Å². The highest BCUT2D eigenvalue weighted by Crippen LogP contribution is 2.37. The van der Waals surface area contributed by atoms with E-state index in [9.17, 15) is 5.26 Å². The first-order valence-corrected chi connectivity index (χ1v) is 15.0. The third kappa shape index (κ3) is 8.00. The highest BCUT2D eigenvalue weighted by Gasteiger charge is 2.16. The van der Waals surface area contributed by atoms with E-state index in [4.69, 9.17) is 30.5 Å². The Labute approximate surface area is 264 Å². The van der Waals surface area contributed by atoms with Crippen LogP contribution in [0.4, 0.5) is 0 Å². The predicted octanol–water partition coefficient (Wildman–Crippen LogP) is 6.55. The van der Waals surface area contributed by atoms with Gasteiger partial charge in [-0.2, -0.15) is 5.26 Å². The third-order valence-electron chi connectivity index (χ3n) is 7.39. The van der Waals surface area contributed by atoms with Crippen LogP contribution in [0.25, 0.3) is 11.1 Å². The van der Waals surface area contributed by atoms with Gasteiger partial charge in [0.1, 0.15) is 44.0 Å². The van der Waals surface area contributed by atoms with Crippen molar-refractivity contribution >= 4 is 11.6 Å². The van der Waals surface area contributed by atoms with E-state index in [-0.39, 0.29) is 6.61 Å². The zero-order valence-electron chi connectivity index (χ0n) is 25.4. The van der Waals surface area contributed by atoms with Crippen LogP contribution in [0, 0.1) is 18.3 Å². The van der Waals surface area contributed by atoms with Gasteiger partial charge in [-0.3, -0.25) is 4.98 Å². The van der Waals surface area contributed by atoms with Crippen molar-refractivity contribution in [2.75, 3.05) is 40.4 Å². The first-order chi connectivity index (χ1) is 21.4. The van der Waals surface area contributed by atoms with Gasteiger partial charge >= 0.3 is 0 Å². The van der Waals surface area contributed by atoms with E-state index in [1.807, 2.05) is 30.3 Å². The molecule has 3 aromatic carbocycles. The SMILES string of the molecule is Cc1c(COc2cc(OCc3cncc(C#N)c3)c(CNCCCN(C)C)cc2Cl)cccc1-c1ccc2c(c1)OCCO2. The summed E-state index contributed by atoms with van der Waals surface area (Å²) in [7, 11) is 4.13. The average molecular weight is 613 g/mol. The van der Waals surface area contributed by atoms with Crippen molar-refractivity contribution in [1.29, 1.82) is 5.26 Å². The van der Waals surface area contributed by atoms with Gasteiger partial charge in [0.25, 0.3) is 0 Å².